The first kappa shape index (κ1) is 29.5. The van der Waals surface area contributed by atoms with Crippen molar-refractivity contribution in [3.63, 3.8) is 0 Å². The summed E-state index contributed by atoms with van der Waals surface area (Å²) in [6, 6.07) is 11.2. The first-order valence-electron chi connectivity index (χ1n) is 13.2. The van der Waals surface area contributed by atoms with Crippen molar-refractivity contribution in [1.29, 1.82) is 0 Å². The second-order valence-corrected chi connectivity index (χ2v) is 13.1. The number of halogens is 2. The summed E-state index contributed by atoms with van der Waals surface area (Å²) in [5.74, 6) is -1.66. The van der Waals surface area contributed by atoms with Gasteiger partial charge in [-0.1, -0.05) is 32.9 Å². The van der Waals surface area contributed by atoms with Gasteiger partial charge in [-0.15, -0.1) is 0 Å². The van der Waals surface area contributed by atoms with Gasteiger partial charge in [-0.2, -0.15) is 8.42 Å². The maximum absolute atomic E-state index is 16.5. The highest BCUT2D eigenvalue weighted by Gasteiger charge is 2.40. The number of nitrogens with zero attached hydrogens (tertiary/aromatic N) is 2. The summed E-state index contributed by atoms with van der Waals surface area (Å²) in [5.41, 5.74) is 0.0624. The third-order valence-electron chi connectivity index (χ3n) is 6.83. The average Bonchev–Trinajstić information content (AvgIpc) is 3.13. The quantitative estimate of drug-likeness (QED) is 0.351. The molecule has 7 nitrogen and oxygen atoms in total. The highest BCUT2D eigenvalue weighted by atomic mass is 32.2. The van der Waals surface area contributed by atoms with Gasteiger partial charge in [-0.25, -0.2) is 18.5 Å². The van der Waals surface area contributed by atoms with Gasteiger partial charge in [0, 0.05) is 29.4 Å². The summed E-state index contributed by atoms with van der Waals surface area (Å²) < 4.78 is 64.8. The molecule has 0 unspecified atom stereocenters. The Hall–Kier alpha value is -3.53. The van der Waals surface area contributed by atoms with E-state index in [2.05, 4.69) is 4.98 Å². The molecule has 1 atom stereocenters. The van der Waals surface area contributed by atoms with Gasteiger partial charge >= 0.3 is 0 Å². The monoisotopic (exact) mass is 571 g/mol. The van der Waals surface area contributed by atoms with E-state index in [0.29, 0.717) is 18.8 Å². The Labute approximate surface area is 234 Å². The normalized spacial score (nSPS) is 16.8. The maximum Gasteiger partial charge on any atom is 0.281 e. The van der Waals surface area contributed by atoms with E-state index in [1.165, 1.54) is 36.4 Å². The number of rotatable bonds is 8. The molecule has 4 rings (SSSR count). The minimum Gasteiger partial charge on any atom is -0.493 e. The van der Waals surface area contributed by atoms with Crippen molar-refractivity contribution in [3.05, 3.63) is 71.4 Å². The lowest BCUT2D eigenvalue weighted by Gasteiger charge is -2.35. The van der Waals surface area contributed by atoms with E-state index in [0.717, 1.165) is 6.42 Å². The van der Waals surface area contributed by atoms with Gasteiger partial charge in [0.2, 0.25) is 0 Å². The third-order valence-corrected chi connectivity index (χ3v) is 8.07. The van der Waals surface area contributed by atoms with Crippen molar-refractivity contribution < 1.29 is 26.7 Å². The standard InChI is InChI=1S/C30H35F2N3O4S/c1-18(2)17-39-23-13-21(12-22(31)14-23)24-10-11-25(28(27(24)32)35-16-19(3)15-30(35,5)6)29(36)34-40(37,38)26-9-7-8-20(4)33-26/h7-14,18-19H,15-17H2,1-6H3,(H,34,36)/t19-/m0/s1. The van der Waals surface area contributed by atoms with Gasteiger partial charge in [0.05, 0.1) is 17.9 Å². The van der Waals surface area contributed by atoms with Crippen LogP contribution in [-0.2, 0) is 10.0 Å². The number of benzene rings is 2. The van der Waals surface area contributed by atoms with Crippen molar-refractivity contribution >= 4 is 21.6 Å². The molecule has 1 aliphatic rings. The second-order valence-electron chi connectivity index (χ2n) is 11.5. The summed E-state index contributed by atoms with van der Waals surface area (Å²) in [6.45, 7) is 12.3. The lowest BCUT2D eigenvalue weighted by molar-refractivity contribution is 0.0981. The molecule has 214 valence electrons. The van der Waals surface area contributed by atoms with Crippen LogP contribution in [0.5, 0.6) is 5.75 Å². The van der Waals surface area contributed by atoms with Crippen LogP contribution in [0.2, 0.25) is 0 Å². The molecule has 1 N–H and O–H groups in total. The minimum atomic E-state index is -4.33. The number of ether oxygens (including phenoxy) is 1. The zero-order chi connectivity index (χ0) is 29.4. The molecule has 2 aromatic carbocycles. The lowest BCUT2D eigenvalue weighted by atomic mass is 9.95. The Kier molecular flexibility index (Phi) is 8.21. The molecule has 0 saturated carbocycles. The highest BCUT2D eigenvalue weighted by Crippen LogP contribution is 2.42. The second kappa shape index (κ2) is 11.2. The number of pyridine rings is 1. The zero-order valence-corrected chi connectivity index (χ0v) is 24.4. The Bertz CT molecular complexity index is 1540. The van der Waals surface area contributed by atoms with Crippen LogP contribution < -0.4 is 14.4 Å². The molecule has 3 aromatic rings. The first-order valence-corrected chi connectivity index (χ1v) is 14.7. The molecule has 1 aromatic heterocycles. The Morgan fingerprint density at radius 2 is 1.90 bits per heavy atom. The SMILES string of the molecule is Cc1cccc(S(=O)(=O)NC(=O)c2ccc(-c3cc(F)cc(OCC(C)C)c3)c(F)c2N2C[C@@H](C)CC2(C)C)n1. The van der Waals surface area contributed by atoms with E-state index in [1.807, 2.05) is 39.3 Å². The summed E-state index contributed by atoms with van der Waals surface area (Å²) >= 11 is 0. The number of anilines is 1. The number of nitrogens with one attached hydrogen (secondary N) is 1. The largest absolute Gasteiger partial charge is 0.493 e. The topological polar surface area (TPSA) is 88.6 Å². The number of carbonyl (C=O) groups is 1. The van der Waals surface area contributed by atoms with Crippen LogP contribution in [-0.4, -0.2) is 38.0 Å². The van der Waals surface area contributed by atoms with Crippen molar-refractivity contribution in [2.75, 3.05) is 18.1 Å². The number of aryl methyl sites for hydroxylation is 1. The number of hydrogen-bond donors (Lipinski definition) is 1. The molecule has 0 radical (unpaired) electrons. The van der Waals surface area contributed by atoms with Crippen molar-refractivity contribution in [3.8, 4) is 16.9 Å². The predicted molar refractivity (Wildman–Crippen MR) is 151 cm³/mol. The van der Waals surface area contributed by atoms with Crippen LogP contribution in [0.1, 0.15) is 57.1 Å². The highest BCUT2D eigenvalue weighted by molar-refractivity contribution is 7.90. The summed E-state index contributed by atoms with van der Waals surface area (Å²) in [6.07, 6.45) is 0.733. The van der Waals surface area contributed by atoms with Gasteiger partial charge in [-0.3, -0.25) is 4.79 Å². The van der Waals surface area contributed by atoms with E-state index in [4.69, 9.17) is 4.74 Å². The molecular weight excluding hydrogens is 536 g/mol. The fourth-order valence-corrected chi connectivity index (χ4v) is 6.16. The first-order chi connectivity index (χ1) is 18.7. The van der Waals surface area contributed by atoms with Crippen molar-refractivity contribution in [1.82, 2.24) is 9.71 Å². The maximum atomic E-state index is 16.5. The molecule has 2 heterocycles. The number of aromatic nitrogens is 1. The van der Waals surface area contributed by atoms with Gasteiger partial charge in [0.25, 0.3) is 15.9 Å². The number of hydrogen-bond acceptors (Lipinski definition) is 6. The molecule has 1 amide bonds. The third kappa shape index (κ3) is 6.27. The molecule has 1 fully saturated rings. The number of amides is 1. The van der Waals surface area contributed by atoms with E-state index >= 15 is 4.39 Å². The van der Waals surface area contributed by atoms with E-state index in [1.54, 1.807) is 24.0 Å². The fraction of sp³-hybridized carbons (Fsp3) is 0.400. The van der Waals surface area contributed by atoms with E-state index < -0.39 is 33.1 Å². The van der Waals surface area contributed by atoms with Gasteiger partial charge in [0.1, 0.15) is 11.6 Å². The van der Waals surface area contributed by atoms with Crippen LogP contribution in [0.4, 0.5) is 14.5 Å². The molecular formula is C30H35F2N3O4S. The number of sulfonamides is 1. The lowest BCUT2D eigenvalue weighted by Crippen LogP contribution is -2.41. The predicted octanol–water partition coefficient (Wildman–Crippen LogP) is 6.11. The van der Waals surface area contributed by atoms with Crippen LogP contribution >= 0.6 is 0 Å². The van der Waals surface area contributed by atoms with Crippen LogP contribution in [0.3, 0.4) is 0 Å². The molecule has 10 heteroatoms. The molecule has 1 saturated heterocycles. The van der Waals surface area contributed by atoms with E-state index in [-0.39, 0.29) is 45.0 Å². The van der Waals surface area contributed by atoms with Crippen LogP contribution in [0.15, 0.2) is 53.6 Å². The summed E-state index contributed by atoms with van der Waals surface area (Å²) in [4.78, 5) is 19.2. The van der Waals surface area contributed by atoms with Gasteiger partial charge < -0.3 is 9.64 Å². The average molecular weight is 572 g/mol. The molecule has 1 aliphatic heterocycles. The molecule has 40 heavy (non-hydrogen) atoms. The van der Waals surface area contributed by atoms with E-state index in [9.17, 15) is 17.6 Å². The Balaban J connectivity index is 1.82. The minimum absolute atomic E-state index is 0.0364. The zero-order valence-electron chi connectivity index (χ0n) is 23.6. The van der Waals surface area contributed by atoms with Crippen LogP contribution in [0, 0.1) is 30.4 Å². The summed E-state index contributed by atoms with van der Waals surface area (Å²) in [5, 5.41) is -0.316. The van der Waals surface area contributed by atoms with Crippen molar-refractivity contribution in [2.24, 2.45) is 11.8 Å². The smallest absolute Gasteiger partial charge is 0.281 e. The van der Waals surface area contributed by atoms with Crippen LogP contribution in [0.25, 0.3) is 11.1 Å². The Morgan fingerprint density at radius 1 is 1.18 bits per heavy atom. The molecule has 0 bridgehead atoms. The summed E-state index contributed by atoms with van der Waals surface area (Å²) in [7, 11) is -4.33. The van der Waals surface area contributed by atoms with Gasteiger partial charge in [0.15, 0.2) is 10.8 Å². The molecule has 0 spiro atoms. The Morgan fingerprint density at radius 3 is 2.52 bits per heavy atom. The number of carbonyl (C=O) groups excluding carboxylic acids is 1. The molecule has 0 aliphatic carbocycles. The fourth-order valence-electron chi connectivity index (χ4n) is 5.18. The van der Waals surface area contributed by atoms with Crippen molar-refractivity contribution in [2.45, 2.75) is 58.5 Å². The van der Waals surface area contributed by atoms with Gasteiger partial charge in [-0.05, 0) is 74.9 Å².